The Morgan fingerprint density at radius 2 is 1.73 bits per heavy atom. The van der Waals surface area contributed by atoms with E-state index in [0.717, 1.165) is 87.7 Å². The van der Waals surface area contributed by atoms with E-state index >= 15 is 0 Å². The van der Waals surface area contributed by atoms with Crippen LogP contribution in [-0.2, 0) is 6.42 Å². The molecule has 2 saturated heterocycles. The van der Waals surface area contributed by atoms with Crippen molar-refractivity contribution < 1.29 is 9.53 Å². The zero-order valence-electron chi connectivity index (χ0n) is 24.1. The summed E-state index contributed by atoms with van der Waals surface area (Å²) >= 11 is 0. The summed E-state index contributed by atoms with van der Waals surface area (Å²) in [6, 6.07) is 21.5. The molecule has 7 nitrogen and oxygen atoms in total. The van der Waals surface area contributed by atoms with Crippen molar-refractivity contribution in [2.75, 3.05) is 55.0 Å². The van der Waals surface area contributed by atoms with Crippen LogP contribution in [0.15, 0.2) is 60.7 Å². The van der Waals surface area contributed by atoms with Crippen LogP contribution in [0.3, 0.4) is 0 Å². The molecule has 0 aliphatic carbocycles. The Morgan fingerprint density at radius 3 is 2.56 bits per heavy atom. The number of methoxy groups -OCH3 is 1. The average molecular weight is 548 g/mol. The van der Waals surface area contributed by atoms with Crippen molar-refractivity contribution in [3.05, 3.63) is 77.6 Å². The van der Waals surface area contributed by atoms with E-state index in [1.54, 1.807) is 7.11 Å². The van der Waals surface area contributed by atoms with E-state index in [-0.39, 0.29) is 6.03 Å². The third-order valence-electron chi connectivity index (χ3n) is 9.01. The van der Waals surface area contributed by atoms with Gasteiger partial charge in [-0.2, -0.15) is 0 Å². The molecule has 0 saturated carbocycles. The Hall–Kier alpha value is -4.10. The molecule has 1 atom stereocenters. The minimum atomic E-state index is -0.103. The molecule has 3 aliphatic heterocycles. The molecule has 7 rings (SSSR count). The third kappa shape index (κ3) is 4.68. The number of rotatable bonds is 4. The number of hydrogen-bond acceptors (Lipinski definition) is 5. The number of carbonyl (C=O) groups is 1. The van der Waals surface area contributed by atoms with E-state index in [9.17, 15) is 4.79 Å². The molecule has 2 fully saturated rings. The van der Waals surface area contributed by atoms with Gasteiger partial charge in [-0.15, -0.1) is 0 Å². The number of ether oxygens (including phenoxy) is 1. The lowest BCUT2D eigenvalue weighted by molar-refractivity contribution is 0.230. The number of benzene rings is 3. The Morgan fingerprint density at radius 1 is 0.927 bits per heavy atom. The Kier molecular flexibility index (Phi) is 6.54. The quantitative estimate of drug-likeness (QED) is 0.320. The summed E-state index contributed by atoms with van der Waals surface area (Å²) in [5, 5.41) is 5.38. The van der Waals surface area contributed by atoms with Gasteiger partial charge in [0, 0.05) is 49.0 Å². The van der Waals surface area contributed by atoms with E-state index in [1.165, 1.54) is 19.4 Å². The van der Waals surface area contributed by atoms with E-state index < -0.39 is 0 Å². The van der Waals surface area contributed by atoms with Gasteiger partial charge in [-0.25, -0.2) is 4.79 Å². The first kappa shape index (κ1) is 25.8. The summed E-state index contributed by atoms with van der Waals surface area (Å²) < 4.78 is 5.86. The highest BCUT2D eigenvalue weighted by atomic mass is 16.5. The van der Waals surface area contributed by atoms with Gasteiger partial charge >= 0.3 is 6.03 Å². The van der Waals surface area contributed by atoms with E-state index in [0.29, 0.717) is 12.6 Å². The fourth-order valence-electron chi connectivity index (χ4n) is 7.08. The molecule has 41 heavy (non-hydrogen) atoms. The van der Waals surface area contributed by atoms with E-state index in [4.69, 9.17) is 4.74 Å². The molecule has 7 heteroatoms. The first-order valence-corrected chi connectivity index (χ1v) is 14.7. The average Bonchev–Trinajstić information content (AvgIpc) is 3.62. The van der Waals surface area contributed by atoms with Crippen molar-refractivity contribution in [1.82, 2.24) is 9.88 Å². The summed E-state index contributed by atoms with van der Waals surface area (Å²) in [5.74, 6) is 0.903. The van der Waals surface area contributed by atoms with Crippen LogP contribution in [0.1, 0.15) is 29.8 Å². The topological polar surface area (TPSA) is 60.9 Å². The fraction of sp³-hybridized carbons (Fsp3) is 0.353. The van der Waals surface area contributed by atoms with Crippen LogP contribution in [0.25, 0.3) is 21.9 Å². The zero-order valence-corrected chi connectivity index (χ0v) is 24.1. The van der Waals surface area contributed by atoms with Crippen LogP contribution in [0.2, 0.25) is 0 Å². The number of carbonyl (C=O) groups excluding carboxylic acids is 1. The molecule has 1 N–H and O–H groups in total. The fourth-order valence-corrected chi connectivity index (χ4v) is 7.08. The Labute approximate surface area is 241 Å². The number of fused-ring (bicyclic) bond motifs is 3. The van der Waals surface area contributed by atoms with Gasteiger partial charge in [0.15, 0.2) is 0 Å². The van der Waals surface area contributed by atoms with Crippen LogP contribution in [-0.4, -0.2) is 61.8 Å². The molecular formula is C34H37N5O2. The lowest BCUT2D eigenvalue weighted by atomic mass is 9.97. The van der Waals surface area contributed by atoms with Gasteiger partial charge in [0.25, 0.3) is 0 Å². The highest BCUT2D eigenvalue weighted by Gasteiger charge is 2.33. The van der Waals surface area contributed by atoms with Crippen molar-refractivity contribution in [1.29, 1.82) is 0 Å². The lowest BCUT2D eigenvalue weighted by Crippen LogP contribution is -2.50. The van der Waals surface area contributed by atoms with E-state index in [1.807, 2.05) is 30.9 Å². The number of nitrogens with one attached hydrogen (secondary N) is 1. The van der Waals surface area contributed by atoms with Crippen LogP contribution in [0.4, 0.5) is 21.9 Å². The normalized spacial score (nSPS) is 18.5. The second-order valence-electron chi connectivity index (χ2n) is 11.6. The van der Waals surface area contributed by atoms with Crippen molar-refractivity contribution in [3.63, 3.8) is 0 Å². The van der Waals surface area contributed by atoms with Crippen LogP contribution < -0.4 is 19.9 Å². The van der Waals surface area contributed by atoms with Gasteiger partial charge in [-0.1, -0.05) is 30.3 Å². The monoisotopic (exact) mass is 547 g/mol. The summed E-state index contributed by atoms with van der Waals surface area (Å²) in [4.78, 5) is 25.3. The van der Waals surface area contributed by atoms with Gasteiger partial charge in [-0.05, 0) is 92.1 Å². The molecule has 1 unspecified atom stereocenters. The third-order valence-corrected chi connectivity index (χ3v) is 9.01. The molecule has 0 bridgehead atoms. The second kappa shape index (κ2) is 10.4. The Balaban J connectivity index is 1.19. The molecule has 3 aromatic carbocycles. The van der Waals surface area contributed by atoms with Crippen molar-refractivity contribution >= 4 is 33.9 Å². The van der Waals surface area contributed by atoms with Gasteiger partial charge in [-0.3, -0.25) is 14.8 Å². The molecule has 3 aliphatic rings. The van der Waals surface area contributed by atoms with Crippen molar-refractivity contribution in [2.24, 2.45) is 0 Å². The predicted molar refractivity (Wildman–Crippen MR) is 167 cm³/mol. The number of hydrogen-bond donors (Lipinski definition) is 1. The molecule has 2 amide bonds. The number of amides is 2. The van der Waals surface area contributed by atoms with Crippen molar-refractivity contribution in [3.8, 4) is 16.9 Å². The molecule has 210 valence electrons. The standard InChI is InChI=1S/C34H37N5O2/c1-22-17-25(18-23(2)35-22)27-8-4-10-29-28(27)9-5-11-30(29)36-34(40)39-14-12-24-19-33(41-3)32(20-31(24)39)38-16-15-37-13-6-7-26(37)21-38/h4-5,8-11,17-20,26H,6-7,12-16,21H2,1-3H3,(H,36,40). The molecule has 0 radical (unpaired) electrons. The zero-order chi connectivity index (χ0) is 28.1. The number of aryl methyl sites for hydroxylation is 2. The number of pyridine rings is 1. The first-order valence-electron chi connectivity index (χ1n) is 14.7. The Bertz CT molecular complexity index is 1630. The smallest absolute Gasteiger partial charge is 0.326 e. The molecular weight excluding hydrogens is 510 g/mol. The summed E-state index contributed by atoms with van der Waals surface area (Å²) in [7, 11) is 1.75. The highest BCUT2D eigenvalue weighted by Crippen LogP contribution is 2.41. The SMILES string of the molecule is COc1cc2c(cc1N1CCN3CCCC3C1)N(C(=O)Nc1cccc3c(-c4cc(C)nc(C)c4)cccc13)CC2. The number of urea groups is 1. The van der Waals surface area contributed by atoms with Gasteiger partial charge in [0.05, 0.1) is 24.2 Å². The maximum absolute atomic E-state index is 13.8. The number of anilines is 3. The molecule has 0 spiro atoms. The van der Waals surface area contributed by atoms with Crippen molar-refractivity contribution in [2.45, 2.75) is 39.2 Å². The van der Waals surface area contributed by atoms with Gasteiger partial charge in [0.2, 0.25) is 0 Å². The molecule has 1 aromatic heterocycles. The largest absolute Gasteiger partial charge is 0.495 e. The first-order chi connectivity index (χ1) is 20.0. The minimum Gasteiger partial charge on any atom is -0.495 e. The maximum atomic E-state index is 13.8. The van der Waals surface area contributed by atoms with Crippen LogP contribution in [0.5, 0.6) is 5.75 Å². The van der Waals surface area contributed by atoms with E-state index in [2.05, 4.69) is 68.6 Å². The lowest BCUT2D eigenvalue weighted by Gasteiger charge is -2.39. The number of aromatic nitrogens is 1. The van der Waals surface area contributed by atoms with Crippen LogP contribution >= 0.6 is 0 Å². The summed E-state index contributed by atoms with van der Waals surface area (Å²) in [6.07, 6.45) is 3.35. The molecule has 4 aromatic rings. The van der Waals surface area contributed by atoms with Gasteiger partial charge in [0.1, 0.15) is 5.75 Å². The second-order valence-corrected chi connectivity index (χ2v) is 11.6. The number of piperazine rings is 1. The number of nitrogens with zero attached hydrogens (tertiary/aromatic N) is 4. The maximum Gasteiger partial charge on any atom is 0.326 e. The van der Waals surface area contributed by atoms with Gasteiger partial charge < -0.3 is 15.0 Å². The molecule has 4 heterocycles. The highest BCUT2D eigenvalue weighted by molar-refractivity contribution is 6.10. The summed E-state index contributed by atoms with van der Waals surface area (Å²) in [5.41, 5.74) is 8.31. The summed E-state index contributed by atoms with van der Waals surface area (Å²) in [6.45, 7) is 8.98. The predicted octanol–water partition coefficient (Wildman–Crippen LogP) is 6.41. The minimum absolute atomic E-state index is 0.103. The van der Waals surface area contributed by atoms with Crippen LogP contribution in [0, 0.1) is 13.8 Å².